The van der Waals surface area contributed by atoms with E-state index < -0.39 is 0 Å². The van der Waals surface area contributed by atoms with Crippen LogP contribution in [0.3, 0.4) is 0 Å². The number of ether oxygens (including phenoxy) is 1. The highest BCUT2D eigenvalue weighted by molar-refractivity contribution is 6.33. The second-order valence-electron chi connectivity index (χ2n) is 8.79. The van der Waals surface area contributed by atoms with Crippen molar-refractivity contribution >= 4 is 46.9 Å². The van der Waals surface area contributed by atoms with E-state index in [0.717, 1.165) is 53.5 Å². The molecule has 2 fully saturated rings. The zero-order valence-electron chi connectivity index (χ0n) is 18.9. The molecule has 8 nitrogen and oxygen atoms in total. The molecule has 2 aromatic heterocycles. The number of aromatic nitrogens is 4. The summed E-state index contributed by atoms with van der Waals surface area (Å²) in [7, 11) is 0. The number of hydrogen-bond donors (Lipinski definition) is 0. The Morgan fingerprint density at radius 1 is 1.18 bits per heavy atom. The van der Waals surface area contributed by atoms with Gasteiger partial charge in [0.25, 0.3) is 0 Å². The Morgan fingerprint density at radius 3 is 2.82 bits per heavy atom. The number of nitrogens with zero attached hydrogens (tertiary/aromatic N) is 6. The predicted molar refractivity (Wildman–Crippen MR) is 133 cm³/mol. The van der Waals surface area contributed by atoms with Crippen LogP contribution in [0, 0.1) is 6.92 Å². The van der Waals surface area contributed by atoms with Gasteiger partial charge in [-0.05, 0) is 31.9 Å². The van der Waals surface area contributed by atoms with Crippen LogP contribution in [-0.4, -0.2) is 62.7 Å². The highest BCUT2D eigenvalue weighted by Crippen LogP contribution is 2.35. The first-order valence-electron chi connectivity index (χ1n) is 11.4. The van der Waals surface area contributed by atoms with Crippen molar-refractivity contribution in [2.45, 2.75) is 38.8 Å². The molecular formula is C24H26Cl2N6O2. The van der Waals surface area contributed by atoms with Crippen molar-refractivity contribution in [3.05, 3.63) is 46.9 Å². The van der Waals surface area contributed by atoms with E-state index in [1.165, 1.54) is 0 Å². The maximum Gasteiger partial charge on any atom is 0.230 e. The summed E-state index contributed by atoms with van der Waals surface area (Å²) in [6, 6.07) is 7.76. The summed E-state index contributed by atoms with van der Waals surface area (Å²) < 4.78 is 8.09. The summed E-state index contributed by atoms with van der Waals surface area (Å²) in [6.07, 6.45) is 4.71. The van der Waals surface area contributed by atoms with Crippen LogP contribution in [0.15, 0.2) is 36.0 Å². The molecule has 3 aromatic rings. The highest BCUT2D eigenvalue weighted by Gasteiger charge is 2.32. The largest absolute Gasteiger partial charge is 0.376 e. The van der Waals surface area contributed by atoms with Crippen LogP contribution in [0.1, 0.15) is 25.1 Å². The number of carbonyl (C=O) groups excluding carboxylic acids is 1. The van der Waals surface area contributed by atoms with Crippen molar-refractivity contribution in [2.75, 3.05) is 31.1 Å². The third kappa shape index (κ3) is 3.93. The lowest BCUT2D eigenvalue weighted by atomic mass is 10.2. The smallest absolute Gasteiger partial charge is 0.230 e. The molecule has 34 heavy (non-hydrogen) atoms. The fourth-order valence-corrected chi connectivity index (χ4v) is 5.23. The Balaban J connectivity index is 0.00000241. The Hall–Kier alpha value is -2.68. The van der Waals surface area contributed by atoms with Gasteiger partial charge in [0.05, 0.1) is 24.2 Å². The fraction of sp³-hybridized carbons (Fsp3) is 0.417. The van der Waals surface area contributed by atoms with Crippen molar-refractivity contribution in [1.82, 2.24) is 24.4 Å². The van der Waals surface area contributed by atoms with Gasteiger partial charge in [0, 0.05) is 37.4 Å². The first-order valence-corrected chi connectivity index (χ1v) is 11.8. The van der Waals surface area contributed by atoms with Gasteiger partial charge in [-0.2, -0.15) is 0 Å². The van der Waals surface area contributed by atoms with Gasteiger partial charge in [0.1, 0.15) is 11.6 Å². The van der Waals surface area contributed by atoms with Gasteiger partial charge in [0.2, 0.25) is 5.91 Å². The molecule has 3 aliphatic heterocycles. The molecule has 0 saturated carbocycles. The molecule has 0 aliphatic carbocycles. The minimum atomic E-state index is 0. The fourth-order valence-electron chi connectivity index (χ4n) is 5.01. The topological polar surface area (TPSA) is 76.4 Å². The van der Waals surface area contributed by atoms with Crippen LogP contribution in [-0.2, 0) is 16.1 Å². The SMILES string of the molecule is Cc1nc(N2CCN3C(=O)CC=C3C2)c2nc(-c3ccccc3Cl)n(CC3CCCO3)c2n1.Cl. The molecular weight excluding hydrogens is 475 g/mol. The molecule has 0 spiro atoms. The van der Waals surface area contributed by atoms with E-state index >= 15 is 0 Å². The summed E-state index contributed by atoms with van der Waals surface area (Å²) in [5.41, 5.74) is 3.46. The molecule has 10 heteroatoms. The Bertz CT molecular complexity index is 1280. The van der Waals surface area contributed by atoms with Crippen LogP contribution in [0.5, 0.6) is 0 Å². The normalized spacial score (nSPS) is 20.0. The minimum absolute atomic E-state index is 0. The molecule has 3 aliphatic rings. The van der Waals surface area contributed by atoms with E-state index in [1.807, 2.05) is 42.2 Å². The lowest BCUT2D eigenvalue weighted by Crippen LogP contribution is -2.45. The van der Waals surface area contributed by atoms with Gasteiger partial charge in [0.15, 0.2) is 17.0 Å². The molecule has 0 N–H and O–H groups in total. The quantitative estimate of drug-likeness (QED) is 0.538. The second kappa shape index (κ2) is 9.17. The average molecular weight is 501 g/mol. The van der Waals surface area contributed by atoms with Crippen molar-refractivity contribution in [3.8, 4) is 11.4 Å². The summed E-state index contributed by atoms with van der Waals surface area (Å²) in [4.78, 5) is 30.9. The molecule has 2 saturated heterocycles. The summed E-state index contributed by atoms with van der Waals surface area (Å²) in [6.45, 7) is 5.36. The minimum Gasteiger partial charge on any atom is -0.376 e. The molecule has 0 bridgehead atoms. The monoisotopic (exact) mass is 500 g/mol. The molecule has 1 amide bonds. The standard InChI is InChI=1S/C24H25ClN6O2.ClH/c1-15-26-23(29-10-11-30-16(13-29)8-9-20(30)32)21-24(27-15)31(14-17-5-4-12-33-17)22(28-21)18-6-2-3-7-19(18)25;/h2-3,6-8,17H,4-5,9-14H2,1H3;1H. The number of rotatable bonds is 4. The van der Waals surface area contributed by atoms with Crippen molar-refractivity contribution in [1.29, 1.82) is 0 Å². The summed E-state index contributed by atoms with van der Waals surface area (Å²) in [5.74, 6) is 2.45. The van der Waals surface area contributed by atoms with E-state index in [1.54, 1.807) is 0 Å². The van der Waals surface area contributed by atoms with Crippen LogP contribution < -0.4 is 4.90 Å². The number of aryl methyl sites for hydroxylation is 1. The number of piperazine rings is 1. The van der Waals surface area contributed by atoms with Crippen LogP contribution in [0.2, 0.25) is 5.02 Å². The Morgan fingerprint density at radius 2 is 2.03 bits per heavy atom. The second-order valence-corrected chi connectivity index (χ2v) is 9.20. The Labute approximate surface area is 209 Å². The zero-order valence-corrected chi connectivity index (χ0v) is 20.5. The van der Waals surface area contributed by atoms with Crippen LogP contribution >= 0.6 is 24.0 Å². The van der Waals surface area contributed by atoms with E-state index in [0.29, 0.717) is 43.4 Å². The number of fused-ring (bicyclic) bond motifs is 2. The zero-order chi connectivity index (χ0) is 22.5. The van der Waals surface area contributed by atoms with Crippen molar-refractivity contribution < 1.29 is 9.53 Å². The molecule has 1 aromatic carbocycles. The van der Waals surface area contributed by atoms with E-state index in [9.17, 15) is 4.79 Å². The number of halogens is 2. The van der Waals surface area contributed by atoms with Gasteiger partial charge in [-0.15, -0.1) is 12.4 Å². The third-order valence-corrected chi connectivity index (χ3v) is 6.95. The lowest BCUT2D eigenvalue weighted by molar-refractivity contribution is -0.127. The molecule has 5 heterocycles. The van der Waals surface area contributed by atoms with E-state index in [2.05, 4.69) is 9.47 Å². The maximum atomic E-state index is 12.1. The lowest BCUT2D eigenvalue weighted by Gasteiger charge is -2.35. The number of hydrogen-bond acceptors (Lipinski definition) is 6. The first-order chi connectivity index (χ1) is 16.1. The molecule has 0 radical (unpaired) electrons. The average Bonchev–Trinajstić information content (AvgIpc) is 3.54. The summed E-state index contributed by atoms with van der Waals surface area (Å²) >= 11 is 6.59. The van der Waals surface area contributed by atoms with Crippen molar-refractivity contribution in [2.24, 2.45) is 0 Å². The molecule has 1 atom stereocenters. The van der Waals surface area contributed by atoms with Crippen LogP contribution in [0.4, 0.5) is 5.82 Å². The van der Waals surface area contributed by atoms with Gasteiger partial charge >= 0.3 is 0 Å². The number of imidazole rings is 1. The Kier molecular flexibility index (Phi) is 6.22. The van der Waals surface area contributed by atoms with Crippen LogP contribution in [0.25, 0.3) is 22.6 Å². The van der Waals surface area contributed by atoms with Gasteiger partial charge < -0.3 is 19.1 Å². The molecule has 6 rings (SSSR count). The molecule has 1 unspecified atom stereocenters. The predicted octanol–water partition coefficient (Wildman–Crippen LogP) is 3.99. The maximum absolute atomic E-state index is 12.1. The number of benzene rings is 1. The van der Waals surface area contributed by atoms with E-state index in [4.69, 9.17) is 31.3 Å². The highest BCUT2D eigenvalue weighted by atomic mass is 35.5. The number of anilines is 1. The van der Waals surface area contributed by atoms with E-state index in [-0.39, 0.29) is 24.4 Å². The molecule has 178 valence electrons. The van der Waals surface area contributed by atoms with Gasteiger partial charge in [-0.25, -0.2) is 15.0 Å². The summed E-state index contributed by atoms with van der Waals surface area (Å²) in [5, 5.41) is 0.649. The number of carbonyl (C=O) groups is 1. The van der Waals surface area contributed by atoms with Gasteiger partial charge in [-0.3, -0.25) is 4.79 Å². The van der Waals surface area contributed by atoms with Crippen molar-refractivity contribution in [3.63, 3.8) is 0 Å². The third-order valence-electron chi connectivity index (χ3n) is 6.62. The number of amides is 1. The first kappa shape index (κ1) is 23.1. The van der Waals surface area contributed by atoms with Gasteiger partial charge in [-0.1, -0.05) is 29.8 Å².